The molecular weight excluding hydrogens is 192 g/mol. The van der Waals surface area contributed by atoms with E-state index in [0.717, 1.165) is 25.9 Å². The Kier molecular flexibility index (Phi) is 3.06. The van der Waals surface area contributed by atoms with E-state index >= 15 is 0 Å². The summed E-state index contributed by atoms with van der Waals surface area (Å²) < 4.78 is 6.76. The van der Waals surface area contributed by atoms with Crippen LogP contribution in [0.15, 0.2) is 18.3 Å². The molecule has 2 heterocycles. The highest BCUT2D eigenvalue weighted by Crippen LogP contribution is 2.19. The lowest BCUT2D eigenvalue weighted by atomic mass is 10.1. The lowest BCUT2D eigenvalue weighted by molar-refractivity contribution is 0.0585. The molecule has 0 radical (unpaired) electrons. The van der Waals surface area contributed by atoms with E-state index in [1.54, 1.807) is 6.07 Å². The van der Waals surface area contributed by atoms with E-state index in [9.17, 15) is 4.79 Å². The molecule has 0 bridgehead atoms. The number of carbonyl (C=O) groups is 1. The van der Waals surface area contributed by atoms with Crippen molar-refractivity contribution in [2.75, 3.05) is 20.2 Å². The first kappa shape index (κ1) is 10.2. The number of hydrogen-bond donors (Lipinski definition) is 1. The second-order valence-electron chi connectivity index (χ2n) is 3.79. The van der Waals surface area contributed by atoms with E-state index in [0.29, 0.717) is 11.7 Å². The molecule has 15 heavy (non-hydrogen) atoms. The van der Waals surface area contributed by atoms with Crippen molar-refractivity contribution in [3.05, 3.63) is 24.0 Å². The zero-order valence-electron chi connectivity index (χ0n) is 8.90. The van der Waals surface area contributed by atoms with E-state index in [1.165, 1.54) is 7.11 Å². The van der Waals surface area contributed by atoms with Crippen LogP contribution in [0.2, 0.25) is 0 Å². The van der Waals surface area contributed by atoms with Crippen LogP contribution in [0.4, 0.5) is 0 Å². The smallest absolute Gasteiger partial charge is 0.354 e. The topological polar surface area (TPSA) is 43.3 Å². The van der Waals surface area contributed by atoms with Gasteiger partial charge in [0.1, 0.15) is 5.69 Å². The van der Waals surface area contributed by atoms with Crippen LogP contribution in [-0.2, 0) is 4.74 Å². The molecule has 0 aliphatic carbocycles. The van der Waals surface area contributed by atoms with E-state index in [1.807, 2.05) is 16.8 Å². The van der Waals surface area contributed by atoms with Gasteiger partial charge in [0.15, 0.2) is 0 Å². The predicted octanol–water partition coefficient (Wildman–Crippen LogP) is 1.20. The van der Waals surface area contributed by atoms with Crippen molar-refractivity contribution < 1.29 is 9.53 Å². The zero-order valence-corrected chi connectivity index (χ0v) is 8.90. The molecule has 0 amide bonds. The van der Waals surface area contributed by atoms with Crippen LogP contribution < -0.4 is 5.32 Å². The molecule has 0 aromatic carbocycles. The number of methoxy groups -OCH3 is 1. The van der Waals surface area contributed by atoms with Gasteiger partial charge in [0.25, 0.3) is 0 Å². The summed E-state index contributed by atoms with van der Waals surface area (Å²) in [5, 5.41) is 3.33. The van der Waals surface area contributed by atoms with Gasteiger partial charge in [0, 0.05) is 18.8 Å². The van der Waals surface area contributed by atoms with Gasteiger partial charge >= 0.3 is 5.97 Å². The standard InChI is InChI=1S/C11H16N2O2/c1-15-11(14)10-5-3-7-13(10)9-4-2-6-12-8-9/h3,5,7,9,12H,2,4,6,8H2,1H3. The van der Waals surface area contributed by atoms with E-state index in [4.69, 9.17) is 4.74 Å². The molecule has 2 rings (SSSR count). The Morgan fingerprint density at radius 1 is 1.67 bits per heavy atom. The van der Waals surface area contributed by atoms with Crippen LogP contribution in [0.25, 0.3) is 0 Å². The quantitative estimate of drug-likeness (QED) is 0.743. The molecule has 1 aliphatic rings. The first-order valence-electron chi connectivity index (χ1n) is 5.29. The van der Waals surface area contributed by atoms with E-state index < -0.39 is 0 Å². The van der Waals surface area contributed by atoms with Gasteiger partial charge < -0.3 is 14.6 Å². The number of carbonyl (C=O) groups excluding carboxylic acids is 1. The third-order valence-corrected chi connectivity index (χ3v) is 2.84. The highest BCUT2D eigenvalue weighted by atomic mass is 16.5. The number of ether oxygens (including phenoxy) is 1. The Bertz CT molecular complexity index is 340. The summed E-state index contributed by atoms with van der Waals surface area (Å²) in [7, 11) is 1.42. The largest absolute Gasteiger partial charge is 0.464 e. The normalized spacial score (nSPS) is 21.3. The predicted molar refractivity (Wildman–Crippen MR) is 56.9 cm³/mol. The number of hydrogen-bond acceptors (Lipinski definition) is 3. The number of rotatable bonds is 2. The van der Waals surface area contributed by atoms with Crippen molar-refractivity contribution in [2.45, 2.75) is 18.9 Å². The number of nitrogens with one attached hydrogen (secondary N) is 1. The Hall–Kier alpha value is -1.29. The lowest BCUT2D eigenvalue weighted by Gasteiger charge is -2.25. The molecule has 0 spiro atoms. The summed E-state index contributed by atoms with van der Waals surface area (Å²) in [5.74, 6) is -0.259. The molecule has 1 N–H and O–H groups in total. The number of esters is 1. The summed E-state index contributed by atoms with van der Waals surface area (Å²) in [4.78, 5) is 11.5. The van der Waals surface area contributed by atoms with Gasteiger partial charge in [-0.1, -0.05) is 0 Å². The minimum absolute atomic E-state index is 0.259. The van der Waals surface area contributed by atoms with Gasteiger partial charge in [-0.15, -0.1) is 0 Å². The molecule has 82 valence electrons. The molecule has 1 unspecified atom stereocenters. The second-order valence-corrected chi connectivity index (χ2v) is 3.79. The van der Waals surface area contributed by atoms with Crippen molar-refractivity contribution in [1.29, 1.82) is 0 Å². The summed E-state index contributed by atoms with van der Waals surface area (Å²) in [6.07, 6.45) is 4.22. The van der Waals surface area contributed by atoms with Gasteiger partial charge in [-0.2, -0.15) is 0 Å². The zero-order chi connectivity index (χ0) is 10.7. The maximum absolute atomic E-state index is 11.5. The first-order valence-corrected chi connectivity index (χ1v) is 5.29. The second kappa shape index (κ2) is 4.49. The fraction of sp³-hybridized carbons (Fsp3) is 0.545. The third-order valence-electron chi connectivity index (χ3n) is 2.84. The van der Waals surface area contributed by atoms with Crippen LogP contribution >= 0.6 is 0 Å². The summed E-state index contributed by atoms with van der Waals surface area (Å²) in [5.41, 5.74) is 0.645. The van der Waals surface area contributed by atoms with Crippen LogP contribution in [-0.4, -0.2) is 30.7 Å². The monoisotopic (exact) mass is 208 g/mol. The summed E-state index contributed by atoms with van der Waals surface area (Å²) in [6, 6.07) is 4.07. The fourth-order valence-corrected chi connectivity index (χ4v) is 2.06. The van der Waals surface area contributed by atoms with Gasteiger partial charge in [-0.05, 0) is 31.5 Å². The van der Waals surface area contributed by atoms with Crippen LogP contribution in [0.1, 0.15) is 29.4 Å². The summed E-state index contributed by atoms with van der Waals surface area (Å²) in [6.45, 7) is 2.00. The number of piperidine rings is 1. The van der Waals surface area contributed by atoms with Crippen LogP contribution in [0.5, 0.6) is 0 Å². The molecule has 0 saturated carbocycles. The highest BCUT2D eigenvalue weighted by molar-refractivity contribution is 5.87. The van der Waals surface area contributed by atoms with Crippen molar-refractivity contribution in [1.82, 2.24) is 9.88 Å². The van der Waals surface area contributed by atoms with Crippen molar-refractivity contribution >= 4 is 5.97 Å². The summed E-state index contributed by atoms with van der Waals surface area (Å²) >= 11 is 0. The molecule has 1 aliphatic heterocycles. The third kappa shape index (κ3) is 2.04. The van der Waals surface area contributed by atoms with Crippen molar-refractivity contribution in [3.8, 4) is 0 Å². The highest BCUT2D eigenvalue weighted by Gasteiger charge is 2.19. The van der Waals surface area contributed by atoms with E-state index in [2.05, 4.69) is 5.32 Å². The Morgan fingerprint density at radius 3 is 3.20 bits per heavy atom. The molecule has 1 aromatic rings. The average Bonchev–Trinajstić information content (AvgIpc) is 2.78. The van der Waals surface area contributed by atoms with Gasteiger partial charge in [0.2, 0.25) is 0 Å². The molecule has 1 aromatic heterocycles. The first-order chi connectivity index (χ1) is 7.33. The number of nitrogens with zero attached hydrogens (tertiary/aromatic N) is 1. The van der Waals surface area contributed by atoms with Crippen molar-refractivity contribution in [2.24, 2.45) is 0 Å². The maximum atomic E-state index is 11.5. The molecule has 1 atom stereocenters. The number of aromatic nitrogens is 1. The molecule has 1 saturated heterocycles. The minimum Gasteiger partial charge on any atom is -0.464 e. The average molecular weight is 208 g/mol. The molecule has 4 heteroatoms. The SMILES string of the molecule is COC(=O)c1cccn1C1CCCNC1. The minimum atomic E-state index is -0.259. The fourth-order valence-electron chi connectivity index (χ4n) is 2.06. The molecule has 4 nitrogen and oxygen atoms in total. The maximum Gasteiger partial charge on any atom is 0.354 e. The van der Waals surface area contributed by atoms with Gasteiger partial charge in [-0.25, -0.2) is 4.79 Å². The van der Waals surface area contributed by atoms with E-state index in [-0.39, 0.29) is 5.97 Å². The lowest BCUT2D eigenvalue weighted by Crippen LogP contribution is -2.32. The van der Waals surface area contributed by atoms with Gasteiger partial charge in [-0.3, -0.25) is 0 Å². The van der Waals surface area contributed by atoms with Crippen LogP contribution in [0.3, 0.4) is 0 Å². The van der Waals surface area contributed by atoms with Crippen molar-refractivity contribution in [3.63, 3.8) is 0 Å². The van der Waals surface area contributed by atoms with Crippen LogP contribution in [0, 0.1) is 0 Å². The molecular formula is C11H16N2O2. The molecule has 1 fully saturated rings. The Morgan fingerprint density at radius 2 is 2.53 bits per heavy atom. The Balaban J connectivity index is 2.19. The Labute approximate surface area is 89.2 Å². The van der Waals surface area contributed by atoms with Gasteiger partial charge in [0.05, 0.1) is 7.11 Å².